The largest absolute Gasteiger partial charge is 0.492 e. The number of morpholine rings is 1. The van der Waals surface area contributed by atoms with Crippen molar-refractivity contribution in [1.29, 1.82) is 0 Å². The van der Waals surface area contributed by atoms with Gasteiger partial charge in [0.1, 0.15) is 11.9 Å². The fourth-order valence-corrected chi connectivity index (χ4v) is 3.55. The first-order valence-electron chi connectivity index (χ1n) is 9.97. The van der Waals surface area contributed by atoms with Crippen molar-refractivity contribution in [3.8, 4) is 5.75 Å². The molecule has 0 spiro atoms. The summed E-state index contributed by atoms with van der Waals surface area (Å²) in [4.78, 5) is 14.4. The van der Waals surface area contributed by atoms with E-state index in [0.29, 0.717) is 56.5 Å². The molecular weight excluding hydrogens is 406 g/mol. The van der Waals surface area contributed by atoms with Crippen molar-refractivity contribution >= 4 is 17.5 Å². The van der Waals surface area contributed by atoms with E-state index in [1.165, 1.54) is 0 Å². The molecule has 1 atom stereocenters. The molecule has 1 aromatic carbocycles. The van der Waals surface area contributed by atoms with Crippen LogP contribution in [0.2, 0.25) is 5.02 Å². The van der Waals surface area contributed by atoms with Crippen LogP contribution in [0.5, 0.6) is 5.75 Å². The zero-order valence-corrected chi connectivity index (χ0v) is 17.3. The van der Waals surface area contributed by atoms with Crippen molar-refractivity contribution in [2.45, 2.75) is 25.5 Å². The summed E-state index contributed by atoms with van der Waals surface area (Å²) < 4.78 is 13.3. The number of aromatic nitrogens is 4. The van der Waals surface area contributed by atoms with Gasteiger partial charge < -0.3 is 14.4 Å². The molecule has 9 heteroatoms. The minimum Gasteiger partial charge on any atom is -0.492 e. The topological polar surface area (TPSA) is 85.3 Å². The van der Waals surface area contributed by atoms with Gasteiger partial charge >= 0.3 is 0 Å². The molecule has 1 aliphatic rings. The number of nitrogens with one attached hydrogen (secondary N) is 1. The number of amides is 1. The van der Waals surface area contributed by atoms with Crippen LogP contribution in [0.15, 0.2) is 48.8 Å². The second-order valence-electron chi connectivity index (χ2n) is 7.07. The van der Waals surface area contributed by atoms with Crippen LogP contribution in [-0.4, -0.2) is 57.1 Å². The summed E-state index contributed by atoms with van der Waals surface area (Å²) >= 11 is 6.10. The Bertz CT molecular complexity index is 959. The van der Waals surface area contributed by atoms with E-state index < -0.39 is 0 Å². The third kappa shape index (κ3) is 5.20. The van der Waals surface area contributed by atoms with Gasteiger partial charge in [-0.05, 0) is 24.3 Å². The molecule has 0 aliphatic carbocycles. The Kier molecular flexibility index (Phi) is 6.66. The summed E-state index contributed by atoms with van der Waals surface area (Å²) in [7, 11) is 0. The van der Waals surface area contributed by atoms with E-state index in [4.69, 9.17) is 21.1 Å². The molecule has 2 aromatic heterocycles. The maximum absolute atomic E-state index is 12.6. The number of hydrogen-bond acceptors (Lipinski definition) is 5. The van der Waals surface area contributed by atoms with Crippen LogP contribution in [0, 0.1) is 0 Å². The molecule has 1 saturated heterocycles. The van der Waals surface area contributed by atoms with Crippen LogP contribution >= 0.6 is 11.6 Å². The van der Waals surface area contributed by atoms with E-state index in [9.17, 15) is 4.79 Å². The highest BCUT2D eigenvalue weighted by Crippen LogP contribution is 2.24. The normalized spacial score (nSPS) is 16.6. The number of ether oxygens (including phenoxy) is 2. The Morgan fingerprint density at radius 2 is 2.23 bits per heavy atom. The van der Waals surface area contributed by atoms with Crippen LogP contribution in [0.3, 0.4) is 0 Å². The third-order valence-corrected chi connectivity index (χ3v) is 5.29. The van der Waals surface area contributed by atoms with Gasteiger partial charge in [-0.15, -0.1) is 0 Å². The highest BCUT2D eigenvalue weighted by atomic mass is 35.5. The number of carbonyl (C=O) groups is 1. The van der Waals surface area contributed by atoms with Crippen LogP contribution in [-0.2, 0) is 22.5 Å². The van der Waals surface area contributed by atoms with E-state index in [1.54, 1.807) is 16.9 Å². The van der Waals surface area contributed by atoms with Crippen molar-refractivity contribution in [3.05, 3.63) is 65.2 Å². The minimum absolute atomic E-state index is 0.0997. The van der Waals surface area contributed by atoms with Crippen LogP contribution in [0.25, 0.3) is 0 Å². The predicted molar refractivity (Wildman–Crippen MR) is 111 cm³/mol. The Hall–Kier alpha value is -2.84. The second-order valence-corrected chi connectivity index (χ2v) is 7.47. The van der Waals surface area contributed by atoms with Crippen molar-refractivity contribution in [2.24, 2.45) is 0 Å². The molecule has 1 N–H and O–H groups in total. The van der Waals surface area contributed by atoms with E-state index in [0.717, 1.165) is 11.4 Å². The molecule has 0 saturated carbocycles. The molecule has 4 rings (SSSR count). The zero-order chi connectivity index (χ0) is 20.8. The number of H-pyrrole nitrogens is 1. The number of nitrogens with zero attached hydrogens (tertiary/aromatic N) is 4. The molecule has 1 fully saturated rings. The first-order valence-corrected chi connectivity index (χ1v) is 10.3. The van der Waals surface area contributed by atoms with Crippen LogP contribution in [0.4, 0.5) is 0 Å². The van der Waals surface area contributed by atoms with E-state index in [2.05, 4.69) is 15.3 Å². The molecule has 1 amide bonds. The number of rotatable bonds is 8. The molecule has 0 radical (unpaired) electrons. The Labute approximate surface area is 179 Å². The SMILES string of the molecule is O=C(CCn1cccn1)N1CCO[C@@H](c2cc(CCOc3ccccc3Cl)[nH]n2)C1. The number of para-hydroxylation sites is 1. The molecule has 30 heavy (non-hydrogen) atoms. The van der Waals surface area contributed by atoms with Gasteiger partial charge in [0.2, 0.25) is 5.91 Å². The van der Waals surface area contributed by atoms with Gasteiger partial charge in [-0.2, -0.15) is 10.2 Å². The molecular formula is C21H24ClN5O3. The highest BCUT2D eigenvalue weighted by Gasteiger charge is 2.27. The van der Waals surface area contributed by atoms with Gasteiger partial charge in [0.05, 0.1) is 30.5 Å². The first-order chi connectivity index (χ1) is 14.7. The molecule has 8 nitrogen and oxygen atoms in total. The Morgan fingerprint density at radius 1 is 1.33 bits per heavy atom. The smallest absolute Gasteiger partial charge is 0.224 e. The molecule has 0 bridgehead atoms. The van der Waals surface area contributed by atoms with Crippen LogP contribution < -0.4 is 4.74 Å². The van der Waals surface area contributed by atoms with E-state index in [-0.39, 0.29) is 12.0 Å². The first kappa shape index (κ1) is 20.4. The number of aromatic amines is 1. The van der Waals surface area contributed by atoms with Gasteiger partial charge in [0.25, 0.3) is 0 Å². The van der Waals surface area contributed by atoms with Crippen molar-refractivity contribution < 1.29 is 14.3 Å². The van der Waals surface area contributed by atoms with E-state index in [1.807, 2.05) is 41.4 Å². The highest BCUT2D eigenvalue weighted by molar-refractivity contribution is 6.32. The monoisotopic (exact) mass is 429 g/mol. The molecule has 1 aliphatic heterocycles. The van der Waals surface area contributed by atoms with Crippen molar-refractivity contribution in [2.75, 3.05) is 26.3 Å². The lowest BCUT2D eigenvalue weighted by atomic mass is 10.1. The van der Waals surface area contributed by atoms with Gasteiger partial charge in [0.15, 0.2) is 0 Å². The molecule has 0 unspecified atom stereocenters. The number of carbonyl (C=O) groups excluding carboxylic acids is 1. The van der Waals surface area contributed by atoms with Gasteiger partial charge in [0, 0.05) is 44.0 Å². The van der Waals surface area contributed by atoms with Crippen molar-refractivity contribution in [1.82, 2.24) is 24.9 Å². The summed E-state index contributed by atoms with van der Waals surface area (Å²) in [5, 5.41) is 12.1. The lowest BCUT2D eigenvalue weighted by Gasteiger charge is -2.32. The maximum atomic E-state index is 12.6. The van der Waals surface area contributed by atoms with Crippen molar-refractivity contribution in [3.63, 3.8) is 0 Å². The Morgan fingerprint density at radius 3 is 3.07 bits per heavy atom. The standard InChI is InChI=1S/C21H24ClN5O3/c22-17-4-1-2-5-19(17)29-12-7-16-14-18(25-24-16)20-15-26(11-13-30-20)21(28)6-10-27-9-3-8-23-27/h1-5,8-9,14,20H,6-7,10-13,15H2,(H,24,25)/t20-/m1/s1. The molecule has 3 heterocycles. The predicted octanol–water partition coefficient (Wildman–Crippen LogP) is 2.87. The summed E-state index contributed by atoms with van der Waals surface area (Å²) in [6.07, 6.45) is 4.42. The van der Waals surface area contributed by atoms with Crippen LogP contribution in [0.1, 0.15) is 23.9 Å². The molecule has 3 aromatic rings. The third-order valence-electron chi connectivity index (χ3n) is 4.98. The zero-order valence-electron chi connectivity index (χ0n) is 16.5. The van der Waals surface area contributed by atoms with E-state index >= 15 is 0 Å². The molecule has 158 valence electrons. The summed E-state index contributed by atoms with van der Waals surface area (Å²) in [6, 6.07) is 11.2. The van der Waals surface area contributed by atoms with Gasteiger partial charge in [-0.3, -0.25) is 14.6 Å². The maximum Gasteiger partial charge on any atom is 0.224 e. The van der Waals surface area contributed by atoms with Gasteiger partial charge in [-0.25, -0.2) is 0 Å². The van der Waals surface area contributed by atoms with Gasteiger partial charge in [-0.1, -0.05) is 23.7 Å². The number of halogens is 1. The number of aryl methyl sites for hydroxylation is 1. The average molecular weight is 430 g/mol. The summed E-state index contributed by atoms with van der Waals surface area (Å²) in [5.41, 5.74) is 1.75. The average Bonchev–Trinajstić information content (AvgIpc) is 3.46. The summed E-state index contributed by atoms with van der Waals surface area (Å²) in [6.45, 7) is 2.65. The number of benzene rings is 1. The quantitative estimate of drug-likeness (QED) is 0.595. The lowest BCUT2D eigenvalue weighted by Crippen LogP contribution is -2.42. The Balaban J connectivity index is 1.27. The fraction of sp³-hybridized carbons (Fsp3) is 0.381. The minimum atomic E-state index is -0.234. The second kappa shape index (κ2) is 9.77. The fourth-order valence-electron chi connectivity index (χ4n) is 3.36. The lowest BCUT2D eigenvalue weighted by molar-refractivity contribution is -0.139. The number of hydrogen-bond donors (Lipinski definition) is 1. The summed E-state index contributed by atoms with van der Waals surface area (Å²) in [5.74, 6) is 0.765.